The summed E-state index contributed by atoms with van der Waals surface area (Å²) in [5, 5.41) is 2.94. The van der Waals surface area contributed by atoms with Gasteiger partial charge in [0, 0.05) is 13.2 Å². The van der Waals surface area contributed by atoms with Crippen molar-refractivity contribution in [2.24, 2.45) is 0 Å². The van der Waals surface area contributed by atoms with Crippen LogP contribution < -0.4 is 10.1 Å². The first-order valence-corrected chi connectivity index (χ1v) is 10.2. The van der Waals surface area contributed by atoms with Gasteiger partial charge in [-0.1, -0.05) is 58.0 Å². The highest BCUT2D eigenvalue weighted by atomic mass is 35.5. The summed E-state index contributed by atoms with van der Waals surface area (Å²) >= 11 is 30.2. The minimum Gasteiger partial charge on any atom is -0.482 e. The number of carbonyl (C=O) groups is 1. The fourth-order valence-electron chi connectivity index (χ4n) is 2.11. The van der Waals surface area contributed by atoms with Crippen molar-refractivity contribution in [2.75, 3.05) is 13.2 Å². The molecule has 0 radical (unpaired) electrons. The van der Waals surface area contributed by atoms with Gasteiger partial charge in [-0.3, -0.25) is 4.79 Å². The van der Waals surface area contributed by atoms with Gasteiger partial charge in [0.15, 0.2) is 11.5 Å². The summed E-state index contributed by atoms with van der Waals surface area (Å²) < 4.78 is 16.5. The molecule has 5 nitrogen and oxygen atoms in total. The van der Waals surface area contributed by atoms with Gasteiger partial charge in [-0.05, 0) is 32.4 Å². The number of carbonyl (C=O) groups excluding carboxylic acids is 1. The molecule has 0 aliphatic carbocycles. The third-order valence-corrected chi connectivity index (χ3v) is 5.71. The molecule has 1 amide bonds. The predicted octanol–water partition coefficient (Wildman–Crippen LogP) is 6.67. The molecule has 0 spiro atoms. The van der Waals surface area contributed by atoms with Gasteiger partial charge in [0.1, 0.15) is 22.4 Å². The monoisotopic (exact) mass is 487 g/mol. The van der Waals surface area contributed by atoms with Gasteiger partial charge in [-0.2, -0.15) is 0 Å². The summed E-state index contributed by atoms with van der Waals surface area (Å²) in [6.45, 7) is 4.92. The Morgan fingerprint density at radius 3 is 2.25 bits per heavy atom. The van der Waals surface area contributed by atoms with E-state index in [1.54, 1.807) is 12.1 Å². The Morgan fingerprint density at radius 1 is 1.04 bits per heavy atom. The summed E-state index contributed by atoms with van der Waals surface area (Å²) in [7, 11) is 0. The van der Waals surface area contributed by atoms with E-state index in [1.165, 1.54) is 0 Å². The first kappa shape index (κ1) is 23.5. The second kappa shape index (κ2) is 10.8. The van der Waals surface area contributed by atoms with Crippen LogP contribution in [0.4, 0.5) is 0 Å². The predicted molar refractivity (Wildman–Crippen MR) is 113 cm³/mol. The number of amides is 1. The van der Waals surface area contributed by atoms with Gasteiger partial charge in [0.2, 0.25) is 0 Å². The molecule has 28 heavy (non-hydrogen) atoms. The quantitative estimate of drug-likeness (QED) is 0.243. The zero-order chi connectivity index (χ0) is 20.8. The average molecular weight is 490 g/mol. The summed E-state index contributed by atoms with van der Waals surface area (Å²) in [6, 6.07) is 3.15. The molecule has 0 aliphatic rings. The fourth-order valence-corrected chi connectivity index (χ4v) is 3.34. The normalized spacial score (nSPS) is 11.1. The van der Waals surface area contributed by atoms with Crippen molar-refractivity contribution >= 4 is 63.9 Å². The lowest BCUT2D eigenvalue weighted by Gasteiger charge is -2.12. The molecular formula is C18H18Cl5NO4. The number of hydrogen-bond donors (Lipinski definition) is 1. The molecule has 2 aromatic rings. The topological polar surface area (TPSA) is 60.7 Å². The molecule has 0 saturated heterocycles. The molecule has 1 aromatic heterocycles. The maximum Gasteiger partial charge on any atom is 0.286 e. The average Bonchev–Trinajstić information content (AvgIpc) is 3.13. The molecule has 1 aromatic carbocycles. The van der Waals surface area contributed by atoms with Gasteiger partial charge in [-0.25, -0.2) is 0 Å². The Bertz CT molecular complexity index is 809. The summed E-state index contributed by atoms with van der Waals surface area (Å²) in [6.07, 6.45) is 0.867. The fraction of sp³-hybridized carbons (Fsp3) is 0.389. The van der Waals surface area contributed by atoms with E-state index in [9.17, 15) is 4.79 Å². The van der Waals surface area contributed by atoms with Crippen LogP contribution in [-0.4, -0.2) is 25.2 Å². The van der Waals surface area contributed by atoms with Crippen molar-refractivity contribution in [3.8, 4) is 5.75 Å². The van der Waals surface area contributed by atoms with E-state index >= 15 is 0 Å². The minimum absolute atomic E-state index is 0.0358. The first-order chi connectivity index (χ1) is 13.2. The molecule has 10 heteroatoms. The number of hydrogen-bond acceptors (Lipinski definition) is 4. The first-order valence-electron chi connectivity index (χ1n) is 8.35. The molecule has 0 unspecified atom stereocenters. The maximum absolute atomic E-state index is 12.1. The number of nitrogens with one attached hydrogen (secondary N) is 1. The number of benzene rings is 1. The third kappa shape index (κ3) is 6.09. The van der Waals surface area contributed by atoms with Crippen LogP contribution >= 0.6 is 58.0 Å². The molecule has 2 rings (SSSR count). The zero-order valence-corrected chi connectivity index (χ0v) is 18.9. The van der Waals surface area contributed by atoms with Crippen molar-refractivity contribution < 1.29 is 18.7 Å². The molecule has 0 bridgehead atoms. The van der Waals surface area contributed by atoms with E-state index in [2.05, 4.69) is 5.32 Å². The number of rotatable bonds is 9. The number of furan rings is 1. The van der Waals surface area contributed by atoms with Crippen molar-refractivity contribution in [3.05, 3.63) is 48.8 Å². The Morgan fingerprint density at radius 2 is 1.64 bits per heavy atom. The lowest BCUT2D eigenvalue weighted by Crippen LogP contribution is -2.25. The second-order valence-electron chi connectivity index (χ2n) is 5.98. The van der Waals surface area contributed by atoms with Crippen LogP contribution in [0.1, 0.15) is 36.6 Å². The van der Waals surface area contributed by atoms with Gasteiger partial charge < -0.3 is 19.2 Å². The molecular weight excluding hydrogens is 471 g/mol. The number of halogens is 5. The third-order valence-electron chi connectivity index (χ3n) is 3.47. The smallest absolute Gasteiger partial charge is 0.286 e. The highest BCUT2D eigenvalue weighted by Crippen LogP contribution is 2.48. The Hall–Kier alpha value is -0.820. The largest absolute Gasteiger partial charge is 0.482 e. The van der Waals surface area contributed by atoms with E-state index in [4.69, 9.17) is 71.9 Å². The maximum atomic E-state index is 12.1. The molecule has 0 aliphatic heterocycles. The highest BCUT2D eigenvalue weighted by molar-refractivity contribution is 6.55. The standard InChI is InChI=1S/C18H18Cl5NO4/c1-9(2)26-7-3-6-24-18(25)11-5-4-10(28-11)8-27-17-15(22)13(20)12(19)14(21)16(17)23/h4-5,9H,3,6-8H2,1-2H3,(H,24,25). The van der Waals surface area contributed by atoms with Crippen molar-refractivity contribution in [2.45, 2.75) is 33.0 Å². The Balaban J connectivity index is 1.92. The summed E-state index contributed by atoms with van der Waals surface area (Å²) in [5.41, 5.74) is 0. The summed E-state index contributed by atoms with van der Waals surface area (Å²) in [5.74, 6) is 0.301. The lowest BCUT2D eigenvalue weighted by atomic mass is 10.3. The molecule has 1 heterocycles. The molecule has 0 fully saturated rings. The van der Waals surface area contributed by atoms with Crippen molar-refractivity contribution in [3.63, 3.8) is 0 Å². The Kier molecular flexibility index (Phi) is 9.06. The minimum atomic E-state index is -0.329. The molecule has 154 valence electrons. The van der Waals surface area contributed by atoms with Crippen LogP contribution in [0.2, 0.25) is 25.1 Å². The van der Waals surface area contributed by atoms with Crippen LogP contribution in [-0.2, 0) is 11.3 Å². The van der Waals surface area contributed by atoms with Crippen LogP contribution in [0, 0.1) is 0 Å². The van der Waals surface area contributed by atoms with Gasteiger partial charge in [-0.15, -0.1) is 0 Å². The van der Waals surface area contributed by atoms with Crippen LogP contribution in [0.15, 0.2) is 16.5 Å². The van der Waals surface area contributed by atoms with Crippen LogP contribution in [0.3, 0.4) is 0 Å². The van der Waals surface area contributed by atoms with Crippen LogP contribution in [0.5, 0.6) is 5.75 Å². The van der Waals surface area contributed by atoms with Crippen LogP contribution in [0.25, 0.3) is 0 Å². The Labute approximate surface area is 188 Å². The van der Waals surface area contributed by atoms with Crippen molar-refractivity contribution in [1.82, 2.24) is 5.32 Å². The van der Waals surface area contributed by atoms with E-state index in [0.29, 0.717) is 25.3 Å². The van der Waals surface area contributed by atoms with E-state index < -0.39 is 0 Å². The molecule has 1 N–H and O–H groups in total. The van der Waals surface area contributed by atoms with Gasteiger partial charge in [0.25, 0.3) is 5.91 Å². The van der Waals surface area contributed by atoms with Gasteiger partial charge >= 0.3 is 0 Å². The van der Waals surface area contributed by atoms with E-state index in [0.717, 1.165) is 0 Å². The molecule has 0 atom stereocenters. The van der Waals surface area contributed by atoms with Gasteiger partial charge in [0.05, 0.1) is 21.2 Å². The van der Waals surface area contributed by atoms with Crippen molar-refractivity contribution in [1.29, 1.82) is 0 Å². The molecule has 0 saturated carbocycles. The SMILES string of the molecule is CC(C)OCCCNC(=O)c1ccc(COc2c(Cl)c(Cl)c(Cl)c(Cl)c2Cl)o1. The van der Waals surface area contributed by atoms with E-state index in [1.807, 2.05) is 13.8 Å². The number of ether oxygens (including phenoxy) is 2. The van der Waals surface area contributed by atoms with E-state index in [-0.39, 0.29) is 55.2 Å². The summed E-state index contributed by atoms with van der Waals surface area (Å²) in [4.78, 5) is 12.1. The second-order valence-corrected chi connectivity index (χ2v) is 7.87. The lowest BCUT2D eigenvalue weighted by molar-refractivity contribution is 0.0753. The zero-order valence-electron chi connectivity index (χ0n) is 15.1. The highest BCUT2D eigenvalue weighted by Gasteiger charge is 2.21.